The molecule has 2 saturated heterocycles. The fourth-order valence-electron chi connectivity index (χ4n) is 6.48. The minimum absolute atomic E-state index is 0.207. The summed E-state index contributed by atoms with van der Waals surface area (Å²) in [5.74, 6) is 5.81. The zero-order chi connectivity index (χ0) is 29.9. The van der Waals surface area contributed by atoms with Gasteiger partial charge in [0.05, 0.1) is 36.9 Å². The third-order valence-corrected chi connectivity index (χ3v) is 9.08. The highest BCUT2D eigenvalue weighted by molar-refractivity contribution is 6.35. The van der Waals surface area contributed by atoms with Crippen molar-refractivity contribution >= 4 is 34.1 Å². The van der Waals surface area contributed by atoms with Gasteiger partial charge in [-0.1, -0.05) is 47.9 Å². The molecule has 0 radical (unpaired) electrons. The summed E-state index contributed by atoms with van der Waals surface area (Å²) in [6.07, 6.45) is 2.75. The number of amides is 1. The van der Waals surface area contributed by atoms with E-state index in [2.05, 4.69) is 53.0 Å². The molecule has 3 atom stereocenters. The molecule has 0 saturated carbocycles. The monoisotopic (exact) mass is 598 g/mol. The van der Waals surface area contributed by atoms with Gasteiger partial charge in [-0.25, -0.2) is 0 Å². The summed E-state index contributed by atoms with van der Waals surface area (Å²) in [6.45, 7) is 5.00. The smallest absolute Gasteiger partial charge is 0.318 e. The number of halogens is 1. The summed E-state index contributed by atoms with van der Waals surface area (Å²) in [4.78, 5) is 28.7. The molecule has 1 unspecified atom stereocenters. The number of benzene rings is 2. The number of likely N-dealkylation sites (tertiary alicyclic amines) is 1. The Morgan fingerprint density at radius 3 is 2.77 bits per heavy atom. The molecule has 1 amide bonds. The van der Waals surface area contributed by atoms with Gasteiger partial charge in [-0.05, 0) is 56.3 Å². The van der Waals surface area contributed by atoms with E-state index in [4.69, 9.17) is 31.0 Å². The number of nitriles is 1. The molecule has 10 heteroatoms. The summed E-state index contributed by atoms with van der Waals surface area (Å²) in [5.41, 5.74) is 2.83. The van der Waals surface area contributed by atoms with Crippen LogP contribution in [0.1, 0.15) is 49.1 Å². The van der Waals surface area contributed by atoms with Crippen LogP contribution in [0.25, 0.3) is 10.8 Å². The van der Waals surface area contributed by atoms with Gasteiger partial charge in [0, 0.05) is 48.1 Å². The first kappa shape index (κ1) is 29.2. The summed E-state index contributed by atoms with van der Waals surface area (Å²) < 4.78 is 12.8. The van der Waals surface area contributed by atoms with Crippen molar-refractivity contribution in [3.63, 3.8) is 0 Å². The number of aromatic nitrogens is 2. The first-order chi connectivity index (χ1) is 21.0. The molecular weight excluding hydrogens is 564 g/mol. The molecule has 0 N–H and O–H groups in total. The van der Waals surface area contributed by atoms with Crippen molar-refractivity contribution in [1.82, 2.24) is 19.8 Å². The first-order valence-corrected chi connectivity index (χ1v) is 15.2. The molecule has 2 aromatic carbocycles. The van der Waals surface area contributed by atoms with E-state index < -0.39 is 0 Å². The van der Waals surface area contributed by atoms with Crippen molar-refractivity contribution in [1.29, 1.82) is 5.26 Å². The minimum atomic E-state index is -0.302. The third-order valence-electron chi connectivity index (χ3n) is 8.77. The van der Waals surface area contributed by atoms with Crippen LogP contribution in [0.3, 0.4) is 0 Å². The first-order valence-electron chi connectivity index (χ1n) is 14.8. The maximum absolute atomic E-state index is 12.7. The Hall–Kier alpha value is -3.89. The number of hydrogen-bond acceptors (Lipinski definition) is 8. The highest BCUT2D eigenvalue weighted by Crippen LogP contribution is 2.39. The van der Waals surface area contributed by atoms with Crippen molar-refractivity contribution < 1.29 is 14.3 Å². The van der Waals surface area contributed by atoms with Crippen molar-refractivity contribution in [2.75, 3.05) is 44.7 Å². The number of anilines is 1. The Bertz CT molecular complexity index is 1620. The van der Waals surface area contributed by atoms with Gasteiger partial charge < -0.3 is 24.2 Å². The zero-order valence-corrected chi connectivity index (χ0v) is 25.3. The van der Waals surface area contributed by atoms with Crippen LogP contribution < -0.4 is 9.64 Å². The number of piperazine rings is 1. The Morgan fingerprint density at radius 2 is 2.00 bits per heavy atom. The molecule has 4 heterocycles. The molecule has 3 aliphatic heterocycles. The second kappa shape index (κ2) is 12.8. The summed E-state index contributed by atoms with van der Waals surface area (Å²) in [6, 6.07) is 14.7. The molecule has 1 aromatic heterocycles. The summed E-state index contributed by atoms with van der Waals surface area (Å²) in [7, 11) is 2.12. The van der Waals surface area contributed by atoms with Crippen LogP contribution >= 0.6 is 11.6 Å². The molecule has 2 fully saturated rings. The van der Waals surface area contributed by atoms with Gasteiger partial charge in [0.25, 0.3) is 5.91 Å². The lowest BCUT2D eigenvalue weighted by Gasteiger charge is -2.41. The van der Waals surface area contributed by atoms with E-state index in [0.29, 0.717) is 56.3 Å². The van der Waals surface area contributed by atoms with E-state index in [-0.39, 0.29) is 24.5 Å². The Kier molecular flexibility index (Phi) is 8.67. The van der Waals surface area contributed by atoms with Gasteiger partial charge in [-0.15, -0.1) is 0 Å². The maximum atomic E-state index is 12.7. The quantitative estimate of drug-likeness (QED) is 0.382. The zero-order valence-electron chi connectivity index (χ0n) is 24.6. The van der Waals surface area contributed by atoms with Gasteiger partial charge in [-0.2, -0.15) is 15.2 Å². The van der Waals surface area contributed by atoms with Crippen LogP contribution in [0.15, 0.2) is 36.4 Å². The number of fused-ring (bicyclic) bond motifs is 2. The average molecular weight is 599 g/mol. The molecule has 9 nitrogen and oxygen atoms in total. The second-order valence-electron chi connectivity index (χ2n) is 11.4. The predicted molar refractivity (Wildman–Crippen MR) is 165 cm³/mol. The van der Waals surface area contributed by atoms with Gasteiger partial charge in [0.1, 0.15) is 12.4 Å². The van der Waals surface area contributed by atoms with Crippen LogP contribution in [0, 0.1) is 23.2 Å². The third kappa shape index (κ3) is 5.99. The normalized spacial score (nSPS) is 22.0. The van der Waals surface area contributed by atoms with Crippen LogP contribution in [-0.4, -0.2) is 77.6 Å². The average Bonchev–Trinajstić information content (AvgIpc) is 3.43. The maximum Gasteiger partial charge on any atom is 0.318 e. The molecule has 3 aromatic rings. The number of nitrogens with zero attached hydrogens (tertiary/aromatic N) is 6. The molecule has 0 spiro atoms. The van der Waals surface area contributed by atoms with Gasteiger partial charge >= 0.3 is 6.01 Å². The topological polar surface area (TPSA) is 94.8 Å². The second-order valence-corrected chi connectivity index (χ2v) is 11.8. The highest BCUT2D eigenvalue weighted by Gasteiger charge is 2.35. The molecule has 222 valence electrons. The number of carbonyl (C=O) groups is 1. The number of ether oxygens (including phenoxy) is 2. The SMILES string of the molecule is CC#CC(=O)N1CCN(c2nc(OC[C@@H]3CCCN3C)nc3c2COC(c2cccc4cccc(Cl)c24)C3)C[C@@H]1CC#N. The molecule has 6 rings (SSSR count). The van der Waals surface area contributed by atoms with E-state index in [9.17, 15) is 10.1 Å². The molecule has 0 aliphatic carbocycles. The Balaban J connectivity index is 1.34. The lowest BCUT2D eigenvalue weighted by molar-refractivity contribution is -0.127. The number of hydrogen-bond donors (Lipinski definition) is 0. The Labute approximate surface area is 257 Å². The fraction of sp³-hybridized carbons (Fsp3) is 0.455. The van der Waals surface area contributed by atoms with E-state index >= 15 is 0 Å². The molecule has 3 aliphatic rings. The van der Waals surface area contributed by atoms with E-state index in [1.54, 1.807) is 11.8 Å². The summed E-state index contributed by atoms with van der Waals surface area (Å²) in [5, 5.41) is 12.3. The van der Waals surface area contributed by atoms with E-state index in [1.165, 1.54) is 0 Å². The standard InChI is InChI=1S/C33H35ClN6O3/c1-3-7-30(41)40-17-16-39(19-23(40)13-14-35)32-26-21-42-29(25-11-4-8-22-9-5-12-27(34)31(22)25)18-28(26)36-33(37-32)43-20-24-10-6-15-38(24)2/h4-5,8-9,11-12,23-24,29H,6,10,13,15-21H2,1-2H3/t23-,24-,29?/m0/s1. The Morgan fingerprint density at radius 1 is 1.16 bits per heavy atom. The number of likely N-dealkylation sites (N-methyl/N-ethyl adjacent to an activating group) is 1. The van der Waals surface area contributed by atoms with E-state index in [1.807, 2.05) is 18.2 Å². The van der Waals surface area contributed by atoms with Crippen molar-refractivity contribution in [3.05, 3.63) is 58.2 Å². The van der Waals surface area contributed by atoms with Crippen molar-refractivity contribution in [2.24, 2.45) is 0 Å². The van der Waals surface area contributed by atoms with Crippen LogP contribution in [-0.2, 0) is 22.6 Å². The predicted octanol–water partition coefficient (Wildman–Crippen LogP) is 4.52. The molecular formula is C33H35ClN6O3. The van der Waals surface area contributed by atoms with Crippen molar-refractivity contribution in [3.8, 4) is 23.9 Å². The van der Waals surface area contributed by atoms with Crippen LogP contribution in [0.2, 0.25) is 5.02 Å². The largest absolute Gasteiger partial charge is 0.462 e. The fourth-order valence-corrected chi connectivity index (χ4v) is 6.77. The van der Waals surface area contributed by atoms with Gasteiger partial charge in [0.15, 0.2) is 0 Å². The van der Waals surface area contributed by atoms with Gasteiger partial charge in [0.2, 0.25) is 0 Å². The lowest BCUT2D eigenvalue weighted by atomic mass is 9.94. The van der Waals surface area contributed by atoms with Crippen LogP contribution in [0.5, 0.6) is 6.01 Å². The molecule has 43 heavy (non-hydrogen) atoms. The number of rotatable bonds is 6. The lowest BCUT2D eigenvalue weighted by Crippen LogP contribution is -2.55. The van der Waals surface area contributed by atoms with Crippen LogP contribution in [0.4, 0.5) is 5.82 Å². The highest BCUT2D eigenvalue weighted by atomic mass is 35.5. The van der Waals surface area contributed by atoms with Crippen molar-refractivity contribution in [2.45, 2.75) is 57.4 Å². The van der Waals surface area contributed by atoms with E-state index in [0.717, 1.165) is 52.8 Å². The summed E-state index contributed by atoms with van der Waals surface area (Å²) >= 11 is 6.67. The number of carbonyl (C=O) groups excluding carboxylic acids is 1. The van der Waals surface area contributed by atoms with Gasteiger partial charge in [-0.3, -0.25) is 4.79 Å². The minimum Gasteiger partial charge on any atom is -0.462 e. The molecule has 0 bridgehead atoms.